The summed E-state index contributed by atoms with van der Waals surface area (Å²) in [6.45, 7) is 6.57. The van der Waals surface area contributed by atoms with Gasteiger partial charge in [0.25, 0.3) is 0 Å². The van der Waals surface area contributed by atoms with E-state index in [1.54, 1.807) is 0 Å². The first kappa shape index (κ1) is 12.7. The predicted molar refractivity (Wildman–Crippen MR) is 77.1 cm³/mol. The Labute approximate surface area is 113 Å². The molecule has 0 spiro atoms. The topological polar surface area (TPSA) is 43.4 Å². The molecule has 0 unspecified atom stereocenters. The highest BCUT2D eigenvalue weighted by Crippen LogP contribution is 2.17. The first-order valence-electron chi connectivity index (χ1n) is 6.95. The van der Waals surface area contributed by atoms with Gasteiger partial charge in [0.15, 0.2) is 0 Å². The third-order valence-corrected chi connectivity index (χ3v) is 3.83. The molecule has 0 bridgehead atoms. The minimum atomic E-state index is 0.606. The van der Waals surface area contributed by atoms with Gasteiger partial charge in [0, 0.05) is 44.4 Å². The first-order valence-corrected chi connectivity index (χ1v) is 6.95. The highest BCUT2D eigenvalue weighted by Gasteiger charge is 2.10. The minimum Gasteiger partial charge on any atom is -0.379 e. The smallest absolute Gasteiger partial charge is 0.0594 e. The molecule has 1 fully saturated rings. The molecule has 19 heavy (non-hydrogen) atoms. The van der Waals surface area contributed by atoms with Crippen molar-refractivity contribution in [2.24, 2.45) is 5.73 Å². The van der Waals surface area contributed by atoms with Crippen LogP contribution < -0.4 is 5.73 Å². The fourth-order valence-electron chi connectivity index (χ4n) is 2.65. The van der Waals surface area contributed by atoms with Crippen molar-refractivity contribution in [1.29, 1.82) is 0 Å². The van der Waals surface area contributed by atoms with Crippen LogP contribution in [0.3, 0.4) is 0 Å². The van der Waals surface area contributed by atoms with Crippen LogP contribution in [0, 0.1) is 0 Å². The van der Waals surface area contributed by atoms with Crippen molar-refractivity contribution in [3.63, 3.8) is 0 Å². The van der Waals surface area contributed by atoms with Crippen molar-refractivity contribution in [2.45, 2.75) is 13.1 Å². The lowest BCUT2D eigenvalue weighted by molar-refractivity contribution is 0.0365. The van der Waals surface area contributed by atoms with Gasteiger partial charge in [-0.1, -0.05) is 6.07 Å². The second-order valence-electron chi connectivity index (χ2n) is 5.06. The number of nitrogens with two attached hydrogens (primary N) is 1. The summed E-state index contributed by atoms with van der Waals surface area (Å²) >= 11 is 0. The molecule has 1 saturated heterocycles. The van der Waals surface area contributed by atoms with Gasteiger partial charge in [-0.2, -0.15) is 0 Å². The largest absolute Gasteiger partial charge is 0.379 e. The Hall–Kier alpha value is -1.36. The number of rotatable bonds is 4. The molecule has 2 heterocycles. The zero-order valence-corrected chi connectivity index (χ0v) is 11.2. The van der Waals surface area contributed by atoms with Gasteiger partial charge < -0.3 is 15.0 Å². The SMILES string of the molecule is NCc1ccc2c(ccn2CCN2CCOCC2)c1. The zero-order valence-electron chi connectivity index (χ0n) is 11.2. The summed E-state index contributed by atoms with van der Waals surface area (Å²) in [7, 11) is 0. The molecule has 1 aromatic heterocycles. The number of hydrogen-bond acceptors (Lipinski definition) is 3. The molecule has 4 nitrogen and oxygen atoms in total. The van der Waals surface area contributed by atoms with Gasteiger partial charge in [-0.15, -0.1) is 0 Å². The molecule has 0 atom stereocenters. The van der Waals surface area contributed by atoms with E-state index in [-0.39, 0.29) is 0 Å². The van der Waals surface area contributed by atoms with E-state index in [1.165, 1.54) is 16.5 Å². The van der Waals surface area contributed by atoms with Crippen LogP contribution in [0.2, 0.25) is 0 Å². The highest BCUT2D eigenvalue weighted by atomic mass is 16.5. The van der Waals surface area contributed by atoms with Gasteiger partial charge in [-0.05, 0) is 29.1 Å². The molecule has 2 N–H and O–H groups in total. The van der Waals surface area contributed by atoms with Crippen molar-refractivity contribution < 1.29 is 4.74 Å². The van der Waals surface area contributed by atoms with E-state index < -0.39 is 0 Å². The normalized spacial score (nSPS) is 17.1. The number of benzene rings is 1. The molecule has 102 valence electrons. The average Bonchev–Trinajstić information content (AvgIpc) is 2.88. The lowest BCUT2D eigenvalue weighted by Gasteiger charge is -2.26. The van der Waals surface area contributed by atoms with Gasteiger partial charge in [0.1, 0.15) is 0 Å². The second kappa shape index (κ2) is 5.74. The van der Waals surface area contributed by atoms with Gasteiger partial charge in [-0.25, -0.2) is 0 Å². The fraction of sp³-hybridized carbons (Fsp3) is 0.467. The molecule has 0 amide bonds. The Morgan fingerprint density at radius 3 is 2.74 bits per heavy atom. The van der Waals surface area contributed by atoms with Crippen LogP contribution in [0.25, 0.3) is 10.9 Å². The summed E-state index contributed by atoms with van der Waals surface area (Å²) < 4.78 is 7.70. The Kier molecular flexibility index (Phi) is 3.82. The lowest BCUT2D eigenvalue weighted by atomic mass is 10.1. The quantitative estimate of drug-likeness (QED) is 0.903. The molecule has 0 aliphatic carbocycles. The van der Waals surface area contributed by atoms with E-state index in [4.69, 9.17) is 10.5 Å². The molecule has 1 aromatic carbocycles. The van der Waals surface area contributed by atoms with Crippen molar-refractivity contribution in [2.75, 3.05) is 32.8 Å². The lowest BCUT2D eigenvalue weighted by Crippen LogP contribution is -2.38. The van der Waals surface area contributed by atoms with Gasteiger partial charge in [-0.3, -0.25) is 4.90 Å². The number of aromatic nitrogens is 1. The number of fused-ring (bicyclic) bond motifs is 1. The standard InChI is InChI=1S/C15H21N3O/c16-12-13-1-2-15-14(11-13)3-4-18(15)6-5-17-7-9-19-10-8-17/h1-4,11H,5-10,12,16H2. The second-order valence-corrected chi connectivity index (χ2v) is 5.06. The van der Waals surface area contributed by atoms with Crippen molar-refractivity contribution in [1.82, 2.24) is 9.47 Å². The fourth-order valence-corrected chi connectivity index (χ4v) is 2.65. The number of hydrogen-bond donors (Lipinski definition) is 1. The maximum absolute atomic E-state index is 5.68. The molecular formula is C15H21N3O. The summed E-state index contributed by atoms with van der Waals surface area (Å²) in [5.74, 6) is 0. The monoisotopic (exact) mass is 259 g/mol. The third-order valence-electron chi connectivity index (χ3n) is 3.83. The molecular weight excluding hydrogens is 238 g/mol. The highest BCUT2D eigenvalue weighted by molar-refractivity contribution is 5.80. The molecule has 1 aliphatic heterocycles. The van der Waals surface area contributed by atoms with E-state index in [0.717, 1.165) is 39.4 Å². The van der Waals surface area contributed by atoms with Gasteiger partial charge in [0.2, 0.25) is 0 Å². The number of ether oxygens (including phenoxy) is 1. The van der Waals surface area contributed by atoms with Crippen LogP contribution in [0.15, 0.2) is 30.5 Å². The summed E-state index contributed by atoms with van der Waals surface area (Å²) in [6, 6.07) is 8.65. The van der Waals surface area contributed by atoms with Gasteiger partial charge >= 0.3 is 0 Å². The van der Waals surface area contributed by atoms with Crippen molar-refractivity contribution in [3.05, 3.63) is 36.0 Å². The summed E-state index contributed by atoms with van der Waals surface area (Å²) in [4.78, 5) is 2.46. The predicted octanol–water partition coefficient (Wildman–Crippen LogP) is 1.43. The summed E-state index contributed by atoms with van der Waals surface area (Å²) in [5.41, 5.74) is 8.17. The van der Waals surface area contributed by atoms with Crippen LogP contribution >= 0.6 is 0 Å². The molecule has 3 rings (SSSR count). The minimum absolute atomic E-state index is 0.606. The molecule has 0 radical (unpaired) electrons. The average molecular weight is 259 g/mol. The van der Waals surface area contributed by atoms with Crippen LogP contribution in [-0.2, 0) is 17.8 Å². The Morgan fingerprint density at radius 1 is 1.11 bits per heavy atom. The maximum Gasteiger partial charge on any atom is 0.0594 e. The molecule has 0 saturated carbocycles. The van der Waals surface area contributed by atoms with Crippen LogP contribution in [0.4, 0.5) is 0 Å². The van der Waals surface area contributed by atoms with Crippen molar-refractivity contribution >= 4 is 10.9 Å². The zero-order chi connectivity index (χ0) is 13.1. The van der Waals surface area contributed by atoms with E-state index in [2.05, 4.69) is 39.9 Å². The molecule has 2 aromatic rings. The van der Waals surface area contributed by atoms with E-state index in [0.29, 0.717) is 6.54 Å². The Bertz CT molecular complexity index is 543. The van der Waals surface area contributed by atoms with Crippen LogP contribution in [-0.4, -0.2) is 42.3 Å². The Balaban J connectivity index is 1.70. The number of nitrogens with zero attached hydrogens (tertiary/aromatic N) is 2. The molecule has 4 heteroatoms. The van der Waals surface area contributed by atoms with E-state index in [9.17, 15) is 0 Å². The molecule has 1 aliphatic rings. The van der Waals surface area contributed by atoms with Crippen LogP contribution in [0.5, 0.6) is 0 Å². The maximum atomic E-state index is 5.68. The van der Waals surface area contributed by atoms with E-state index in [1.807, 2.05) is 0 Å². The first-order chi connectivity index (χ1) is 9.36. The summed E-state index contributed by atoms with van der Waals surface area (Å²) in [5, 5.41) is 1.28. The number of morpholine rings is 1. The Morgan fingerprint density at radius 2 is 1.95 bits per heavy atom. The summed E-state index contributed by atoms with van der Waals surface area (Å²) in [6.07, 6.45) is 2.17. The van der Waals surface area contributed by atoms with Crippen molar-refractivity contribution in [3.8, 4) is 0 Å². The van der Waals surface area contributed by atoms with Crippen LogP contribution in [0.1, 0.15) is 5.56 Å². The third kappa shape index (κ3) is 2.81. The van der Waals surface area contributed by atoms with Gasteiger partial charge in [0.05, 0.1) is 13.2 Å². The van der Waals surface area contributed by atoms with E-state index >= 15 is 0 Å².